The number of nitrogens with zero attached hydrogens (tertiary/aromatic N) is 3. The second-order valence-corrected chi connectivity index (χ2v) is 6.08. The van der Waals surface area contributed by atoms with Gasteiger partial charge in [0.1, 0.15) is 5.65 Å². The molecule has 3 rings (SSSR count). The van der Waals surface area contributed by atoms with Gasteiger partial charge in [0, 0.05) is 43.1 Å². The fourth-order valence-electron chi connectivity index (χ4n) is 3.34. The van der Waals surface area contributed by atoms with Crippen LogP contribution in [-0.2, 0) is 6.42 Å². The van der Waals surface area contributed by atoms with E-state index >= 15 is 0 Å². The molecular formula is C16H24N4. The fraction of sp³-hybridized carbons (Fsp3) is 0.562. The van der Waals surface area contributed by atoms with Gasteiger partial charge in [-0.25, -0.2) is 4.98 Å². The fourth-order valence-corrected chi connectivity index (χ4v) is 3.34. The monoisotopic (exact) mass is 272 g/mol. The number of rotatable bonds is 3. The summed E-state index contributed by atoms with van der Waals surface area (Å²) in [6.07, 6.45) is 9.06. The summed E-state index contributed by atoms with van der Waals surface area (Å²) in [5.74, 6) is 0. The molecule has 2 aromatic rings. The zero-order valence-corrected chi connectivity index (χ0v) is 12.4. The highest BCUT2D eigenvalue weighted by molar-refractivity contribution is 5.48. The van der Waals surface area contributed by atoms with Crippen molar-refractivity contribution in [2.75, 3.05) is 12.3 Å². The lowest BCUT2D eigenvalue weighted by atomic mass is 9.97. The first-order valence-corrected chi connectivity index (χ1v) is 7.62. The summed E-state index contributed by atoms with van der Waals surface area (Å²) in [5.41, 5.74) is 8.71. The molecule has 0 bridgehead atoms. The predicted molar refractivity (Wildman–Crippen MR) is 82.8 cm³/mol. The molecule has 2 N–H and O–H groups in total. The highest BCUT2D eigenvalue weighted by atomic mass is 15.2. The van der Waals surface area contributed by atoms with E-state index in [0.717, 1.165) is 30.0 Å². The minimum absolute atomic E-state index is 0.700. The normalized spacial score (nSPS) is 24.3. The molecule has 4 heteroatoms. The summed E-state index contributed by atoms with van der Waals surface area (Å²) in [6.45, 7) is 5.79. The molecule has 1 aliphatic heterocycles. The first-order chi connectivity index (χ1) is 9.63. The molecule has 1 fully saturated rings. The van der Waals surface area contributed by atoms with Crippen LogP contribution in [0.1, 0.15) is 38.8 Å². The van der Waals surface area contributed by atoms with Crippen molar-refractivity contribution in [3.63, 3.8) is 0 Å². The highest BCUT2D eigenvalue weighted by Gasteiger charge is 2.24. The molecule has 2 unspecified atom stereocenters. The van der Waals surface area contributed by atoms with Crippen molar-refractivity contribution in [1.29, 1.82) is 0 Å². The van der Waals surface area contributed by atoms with Gasteiger partial charge in [-0.1, -0.05) is 6.42 Å². The number of nitrogen functional groups attached to an aromatic ring is 1. The second kappa shape index (κ2) is 5.44. The van der Waals surface area contributed by atoms with Crippen LogP contribution in [0.3, 0.4) is 0 Å². The maximum absolute atomic E-state index is 5.80. The quantitative estimate of drug-likeness (QED) is 0.934. The largest absolute Gasteiger partial charge is 0.398 e. The third kappa shape index (κ3) is 2.66. The van der Waals surface area contributed by atoms with Crippen molar-refractivity contribution in [3.8, 4) is 0 Å². The minimum atomic E-state index is 0.700. The molecule has 1 saturated heterocycles. The smallest absolute Gasteiger partial charge is 0.137 e. The van der Waals surface area contributed by atoms with Gasteiger partial charge in [0.25, 0.3) is 0 Å². The summed E-state index contributed by atoms with van der Waals surface area (Å²) >= 11 is 0. The van der Waals surface area contributed by atoms with E-state index in [1.807, 2.05) is 22.7 Å². The zero-order valence-electron chi connectivity index (χ0n) is 12.4. The molecule has 0 aromatic carbocycles. The minimum Gasteiger partial charge on any atom is -0.398 e. The molecule has 108 valence electrons. The van der Waals surface area contributed by atoms with Gasteiger partial charge >= 0.3 is 0 Å². The van der Waals surface area contributed by atoms with Gasteiger partial charge in [0.15, 0.2) is 0 Å². The van der Waals surface area contributed by atoms with Crippen LogP contribution < -0.4 is 5.73 Å². The van der Waals surface area contributed by atoms with E-state index in [2.05, 4.69) is 29.9 Å². The van der Waals surface area contributed by atoms with Gasteiger partial charge in [0.05, 0.1) is 5.69 Å². The van der Waals surface area contributed by atoms with Crippen LogP contribution in [0, 0.1) is 0 Å². The van der Waals surface area contributed by atoms with Crippen molar-refractivity contribution in [3.05, 3.63) is 30.2 Å². The van der Waals surface area contributed by atoms with E-state index in [-0.39, 0.29) is 0 Å². The van der Waals surface area contributed by atoms with Crippen molar-refractivity contribution >= 4 is 11.3 Å². The Hall–Kier alpha value is -1.55. The first-order valence-electron chi connectivity index (χ1n) is 7.62. The number of imidazole rings is 1. The Morgan fingerprint density at radius 1 is 1.20 bits per heavy atom. The maximum atomic E-state index is 5.80. The summed E-state index contributed by atoms with van der Waals surface area (Å²) in [4.78, 5) is 7.30. The molecule has 20 heavy (non-hydrogen) atoms. The number of piperidine rings is 1. The van der Waals surface area contributed by atoms with Crippen molar-refractivity contribution in [2.24, 2.45) is 0 Å². The van der Waals surface area contributed by atoms with Crippen LogP contribution in [0.5, 0.6) is 0 Å². The Labute approximate surface area is 120 Å². The number of nitrogens with two attached hydrogens (primary N) is 1. The van der Waals surface area contributed by atoms with Gasteiger partial charge in [0.2, 0.25) is 0 Å². The van der Waals surface area contributed by atoms with Gasteiger partial charge < -0.3 is 10.1 Å². The van der Waals surface area contributed by atoms with Crippen molar-refractivity contribution < 1.29 is 0 Å². The number of pyridine rings is 1. The molecule has 0 amide bonds. The predicted octanol–water partition coefficient (Wildman–Crippen LogP) is 2.72. The molecule has 2 atom stereocenters. The van der Waals surface area contributed by atoms with Gasteiger partial charge in [-0.05, 0) is 38.8 Å². The molecule has 0 spiro atoms. The van der Waals surface area contributed by atoms with E-state index < -0.39 is 0 Å². The summed E-state index contributed by atoms with van der Waals surface area (Å²) in [6, 6.07) is 5.28. The van der Waals surface area contributed by atoms with E-state index in [0.29, 0.717) is 12.1 Å². The van der Waals surface area contributed by atoms with Crippen LogP contribution in [0.25, 0.3) is 5.65 Å². The summed E-state index contributed by atoms with van der Waals surface area (Å²) < 4.78 is 2.02. The Morgan fingerprint density at radius 3 is 2.70 bits per heavy atom. The summed E-state index contributed by atoms with van der Waals surface area (Å²) in [7, 11) is 0. The molecule has 0 saturated carbocycles. The lowest BCUT2D eigenvalue weighted by molar-refractivity contribution is 0.105. The molecular weight excluding hydrogens is 248 g/mol. The number of aromatic nitrogens is 2. The third-order valence-corrected chi connectivity index (χ3v) is 4.53. The van der Waals surface area contributed by atoms with E-state index in [1.54, 1.807) is 0 Å². The Bertz CT molecular complexity index is 579. The molecule has 2 aromatic heterocycles. The van der Waals surface area contributed by atoms with E-state index in [1.165, 1.54) is 19.3 Å². The SMILES string of the molecule is CC1CCCC(C)N1CCc1cn2cc(N)ccc2n1. The Morgan fingerprint density at radius 2 is 1.95 bits per heavy atom. The van der Waals surface area contributed by atoms with Crippen molar-refractivity contribution in [2.45, 2.75) is 51.6 Å². The van der Waals surface area contributed by atoms with E-state index in [4.69, 9.17) is 5.73 Å². The number of hydrogen-bond donors (Lipinski definition) is 1. The van der Waals surface area contributed by atoms with Crippen LogP contribution in [-0.4, -0.2) is 32.9 Å². The first kappa shape index (κ1) is 13.4. The number of hydrogen-bond acceptors (Lipinski definition) is 3. The Kier molecular flexibility index (Phi) is 3.66. The number of anilines is 1. The third-order valence-electron chi connectivity index (χ3n) is 4.53. The standard InChI is InChI=1S/C16H24N4/c1-12-4-3-5-13(2)20(12)9-8-15-11-19-10-14(17)6-7-16(19)18-15/h6-7,10-13H,3-5,8-9,17H2,1-2H3. The molecule has 4 nitrogen and oxygen atoms in total. The number of fused-ring (bicyclic) bond motifs is 1. The van der Waals surface area contributed by atoms with Crippen LogP contribution in [0.2, 0.25) is 0 Å². The van der Waals surface area contributed by atoms with E-state index in [9.17, 15) is 0 Å². The van der Waals surface area contributed by atoms with Crippen LogP contribution >= 0.6 is 0 Å². The molecule has 0 radical (unpaired) electrons. The average molecular weight is 272 g/mol. The average Bonchev–Trinajstić information content (AvgIpc) is 2.80. The molecule has 1 aliphatic rings. The molecule has 3 heterocycles. The lowest BCUT2D eigenvalue weighted by Gasteiger charge is -2.38. The maximum Gasteiger partial charge on any atom is 0.137 e. The van der Waals surface area contributed by atoms with Gasteiger partial charge in [-0.3, -0.25) is 4.90 Å². The highest BCUT2D eigenvalue weighted by Crippen LogP contribution is 2.22. The van der Waals surface area contributed by atoms with Gasteiger partial charge in [-0.2, -0.15) is 0 Å². The van der Waals surface area contributed by atoms with Crippen LogP contribution in [0.4, 0.5) is 5.69 Å². The Balaban J connectivity index is 1.70. The van der Waals surface area contributed by atoms with Gasteiger partial charge in [-0.15, -0.1) is 0 Å². The number of likely N-dealkylation sites (tertiary alicyclic amines) is 1. The topological polar surface area (TPSA) is 46.6 Å². The second-order valence-electron chi connectivity index (χ2n) is 6.08. The molecule has 0 aliphatic carbocycles. The zero-order chi connectivity index (χ0) is 14.1. The lowest BCUT2D eigenvalue weighted by Crippen LogP contribution is -2.44. The van der Waals surface area contributed by atoms with Crippen LogP contribution in [0.15, 0.2) is 24.5 Å². The summed E-state index contributed by atoms with van der Waals surface area (Å²) in [5, 5.41) is 0. The van der Waals surface area contributed by atoms with Crippen molar-refractivity contribution in [1.82, 2.24) is 14.3 Å².